The number of nitrogens with two attached hydrogens (primary N) is 1. The molecule has 0 aromatic heterocycles. The lowest BCUT2D eigenvalue weighted by Gasteiger charge is -2.11. The molecule has 0 aliphatic rings. The second-order valence-electron chi connectivity index (χ2n) is 4.96. The lowest BCUT2D eigenvalue weighted by molar-refractivity contribution is -0.682. The van der Waals surface area contributed by atoms with Crippen LogP contribution in [0.2, 0.25) is 5.02 Å². The first-order chi connectivity index (χ1) is 10.5. The van der Waals surface area contributed by atoms with Crippen molar-refractivity contribution in [2.24, 2.45) is 0 Å². The van der Waals surface area contributed by atoms with Gasteiger partial charge in [0, 0.05) is 16.3 Å². The van der Waals surface area contributed by atoms with Crippen molar-refractivity contribution < 1.29 is 18.9 Å². The molecule has 0 heterocycles. The molecule has 2 rings (SSSR count). The minimum absolute atomic E-state index is 0.159. The van der Waals surface area contributed by atoms with Crippen molar-refractivity contribution in [3.05, 3.63) is 64.7 Å². The maximum atomic E-state index is 13.2. The first kappa shape index (κ1) is 16.4. The number of benzene rings is 2. The standard InChI is InChI=1S/C16H15ClF2N2O/c1-10(11-5-6-14(18)15(19)7-11)20-9-16(22)21-13-4-2-3-12(17)8-13/h2-8,10,20H,9H2,1H3,(H,21,22)/p+1/t10-/m0/s1. The van der Waals surface area contributed by atoms with Crippen molar-refractivity contribution in [3.63, 3.8) is 0 Å². The molecule has 0 aliphatic carbocycles. The number of anilines is 1. The second kappa shape index (κ2) is 7.33. The van der Waals surface area contributed by atoms with Gasteiger partial charge in [0.2, 0.25) is 0 Å². The normalized spacial score (nSPS) is 12.0. The molecular formula is C16H16ClF2N2O+. The summed E-state index contributed by atoms with van der Waals surface area (Å²) in [5.41, 5.74) is 1.24. The largest absolute Gasteiger partial charge is 0.333 e. The van der Waals surface area contributed by atoms with Gasteiger partial charge >= 0.3 is 0 Å². The highest BCUT2D eigenvalue weighted by Gasteiger charge is 2.14. The summed E-state index contributed by atoms with van der Waals surface area (Å²) in [7, 11) is 0. The Kier molecular flexibility index (Phi) is 5.46. The Bertz CT molecular complexity index is 679. The number of nitrogens with one attached hydrogen (secondary N) is 1. The third-order valence-electron chi connectivity index (χ3n) is 3.23. The van der Waals surface area contributed by atoms with Crippen LogP contribution < -0.4 is 10.6 Å². The van der Waals surface area contributed by atoms with Crippen LogP contribution in [0.4, 0.5) is 14.5 Å². The van der Waals surface area contributed by atoms with Crippen LogP contribution in [0.15, 0.2) is 42.5 Å². The molecule has 0 unspecified atom stereocenters. The van der Waals surface area contributed by atoms with E-state index < -0.39 is 11.6 Å². The zero-order valence-electron chi connectivity index (χ0n) is 11.9. The Labute approximate surface area is 132 Å². The minimum atomic E-state index is -0.888. The highest BCUT2D eigenvalue weighted by molar-refractivity contribution is 6.30. The van der Waals surface area contributed by atoms with Gasteiger partial charge in [-0.3, -0.25) is 4.79 Å². The number of quaternary nitrogens is 1. The van der Waals surface area contributed by atoms with E-state index >= 15 is 0 Å². The lowest BCUT2D eigenvalue weighted by Crippen LogP contribution is -2.86. The number of hydrogen-bond acceptors (Lipinski definition) is 1. The fourth-order valence-corrected chi connectivity index (χ4v) is 2.18. The van der Waals surface area contributed by atoms with Crippen molar-refractivity contribution >= 4 is 23.2 Å². The first-order valence-electron chi connectivity index (χ1n) is 6.79. The van der Waals surface area contributed by atoms with Gasteiger partial charge in [0.15, 0.2) is 18.2 Å². The van der Waals surface area contributed by atoms with Gasteiger partial charge in [0.25, 0.3) is 5.91 Å². The third kappa shape index (κ3) is 4.51. The van der Waals surface area contributed by atoms with E-state index in [2.05, 4.69) is 5.32 Å². The molecule has 0 saturated heterocycles. The quantitative estimate of drug-likeness (QED) is 0.872. The Morgan fingerprint density at radius 3 is 2.68 bits per heavy atom. The van der Waals surface area contributed by atoms with Crippen LogP contribution >= 0.6 is 11.6 Å². The zero-order valence-corrected chi connectivity index (χ0v) is 12.7. The summed E-state index contributed by atoms with van der Waals surface area (Å²) < 4.78 is 26.1. The van der Waals surface area contributed by atoms with E-state index in [0.29, 0.717) is 16.3 Å². The van der Waals surface area contributed by atoms with Crippen LogP contribution in [0.1, 0.15) is 18.5 Å². The number of carbonyl (C=O) groups is 1. The predicted octanol–water partition coefficient (Wildman–Crippen LogP) is 2.88. The number of hydrogen-bond donors (Lipinski definition) is 2. The molecule has 2 aromatic rings. The topological polar surface area (TPSA) is 45.7 Å². The van der Waals surface area contributed by atoms with Gasteiger partial charge in [-0.1, -0.05) is 17.7 Å². The van der Waals surface area contributed by atoms with E-state index in [4.69, 9.17) is 11.6 Å². The number of halogens is 3. The summed E-state index contributed by atoms with van der Waals surface area (Å²) in [6.45, 7) is 1.98. The van der Waals surface area contributed by atoms with Crippen LogP contribution in [0.25, 0.3) is 0 Å². The molecular weight excluding hydrogens is 310 g/mol. The Morgan fingerprint density at radius 2 is 2.00 bits per heavy atom. The van der Waals surface area contributed by atoms with Gasteiger partial charge in [-0.15, -0.1) is 0 Å². The smallest absolute Gasteiger partial charge is 0.279 e. The highest BCUT2D eigenvalue weighted by atomic mass is 35.5. The van der Waals surface area contributed by atoms with Crippen molar-refractivity contribution in [2.45, 2.75) is 13.0 Å². The van der Waals surface area contributed by atoms with E-state index in [-0.39, 0.29) is 18.5 Å². The SMILES string of the molecule is C[C@H]([NH2+]CC(=O)Nc1cccc(Cl)c1)c1ccc(F)c(F)c1. The monoisotopic (exact) mass is 325 g/mol. The molecule has 0 aliphatic heterocycles. The van der Waals surface area contributed by atoms with Crippen molar-refractivity contribution in [2.75, 3.05) is 11.9 Å². The summed E-state index contributed by atoms with van der Waals surface area (Å²) in [5, 5.41) is 5.00. The van der Waals surface area contributed by atoms with E-state index in [9.17, 15) is 13.6 Å². The maximum Gasteiger partial charge on any atom is 0.279 e. The first-order valence-corrected chi connectivity index (χ1v) is 7.17. The molecule has 2 aromatic carbocycles. The Morgan fingerprint density at radius 1 is 1.23 bits per heavy atom. The molecule has 0 saturated carbocycles. The fraction of sp³-hybridized carbons (Fsp3) is 0.188. The molecule has 6 heteroatoms. The number of amides is 1. The molecule has 1 atom stereocenters. The molecule has 22 heavy (non-hydrogen) atoms. The lowest BCUT2D eigenvalue weighted by atomic mass is 10.1. The zero-order chi connectivity index (χ0) is 16.1. The van der Waals surface area contributed by atoms with Crippen LogP contribution in [0.5, 0.6) is 0 Å². The van der Waals surface area contributed by atoms with Gasteiger partial charge < -0.3 is 10.6 Å². The molecule has 0 fully saturated rings. The average Bonchev–Trinajstić information content (AvgIpc) is 2.47. The molecule has 3 nitrogen and oxygen atoms in total. The predicted molar refractivity (Wildman–Crippen MR) is 81.6 cm³/mol. The van der Waals surface area contributed by atoms with E-state index in [1.807, 2.05) is 6.92 Å². The van der Waals surface area contributed by atoms with E-state index in [1.54, 1.807) is 29.6 Å². The molecule has 1 amide bonds. The maximum absolute atomic E-state index is 13.2. The van der Waals surface area contributed by atoms with Crippen LogP contribution in [0, 0.1) is 11.6 Å². The van der Waals surface area contributed by atoms with Crippen LogP contribution in [-0.4, -0.2) is 12.5 Å². The average molecular weight is 326 g/mol. The molecule has 116 valence electrons. The fourth-order valence-electron chi connectivity index (χ4n) is 1.99. The van der Waals surface area contributed by atoms with Crippen LogP contribution in [0.3, 0.4) is 0 Å². The number of rotatable bonds is 5. The molecule has 3 N–H and O–H groups in total. The van der Waals surface area contributed by atoms with E-state index in [1.165, 1.54) is 6.07 Å². The summed E-state index contributed by atoms with van der Waals surface area (Å²) in [6.07, 6.45) is 0. The summed E-state index contributed by atoms with van der Waals surface area (Å²) in [5.74, 6) is -1.97. The summed E-state index contributed by atoms with van der Waals surface area (Å²) >= 11 is 5.84. The van der Waals surface area contributed by atoms with Gasteiger partial charge in [-0.05, 0) is 43.3 Å². The third-order valence-corrected chi connectivity index (χ3v) is 3.47. The van der Waals surface area contributed by atoms with Gasteiger partial charge in [0.05, 0.1) is 0 Å². The molecule has 0 radical (unpaired) electrons. The van der Waals surface area contributed by atoms with Crippen molar-refractivity contribution in [1.82, 2.24) is 0 Å². The van der Waals surface area contributed by atoms with Crippen molar-refractivity contribution in [1.29, 1.82) is 0 Å². The molecule has 0 spiro atoms. The summed E-state index contributed by atoms with van der Waals surface area (Å²) in [4.78, 5) is 11.9. The highest BCUT2D eigenvalue weighted by Crippen LogP contribution is 2.15. The Balaban J connectivity index is 1.88. The van der Waals surface area contributed by atoms with E-state index in [0.717, 1.165) is 12.1 Å². The minimum Gasteiger partial charge on any atom is -0.333 e. The van der Waals surface area contributed by atoms with Gasteiger partial charge in [-0.2, -0.15) is 0 Å². The van der Waals surface area contributed by atoms with Crippen LogP contribution in [-0.2, 0) is 4.79 Å². The van der Waals surface area contributed by atoms with Crippen molar-refractivity contribution in [3.8, 4) is 0 Å². The van der Waals surface area contributed by atoms with Gasteiger partial charge in [0.1, 0.15) is 6.04 Å². The molecule has 0 bridgehead atoms. The second-order valence-corrected chi connectivity index (χ2v) is 5.40. The Hall–Kier alpha value is -1.98. The number of carbonyl (C=O) groups excluding carboxylic acids is 1. The van der Waals surface area contributed by atoms with Gasteiger partial charge in [-0.25, -0.2) is 8.78 Å². The summed E-state index contributed by atoms with van der Waals surface area (Å²) in [6, 6.07) is 10.4.